The van der Waals surface area contributed by atoms with Crippen LogP contribution in [0.3, 0.4) is 0 Å². The van der Waals surface area contributed by atoms with Gasteiger partial charge >= 0.3 is 12.1 Å². The Kier molecular flexibility index (Phi) is 5.98. The second-order valence-electron chi connectivity index (χ2n) is 5.87. The molecule has 0 radical (unpaired) electrons. The number of alkyl halides is 5. The van der Waals surface area contributed by atoms with Gasteiger partial charge in [0.2, 0.25) is 0 Å². The van der Waals surface area contributed by atoms with Gasteiger partial charge in [0, 0.05) is 30.1 Å². The molecule has 2 aromatic carbocycles. The highest BCUT2D eigenvalue weighted by molar-refractivity contribution is 6.31. The summed E-state index contributed by atoms with van der Waals surface area (Å²) >= 11 is 5.80. The number of benzene rings is 2. The molecule has 0 bridgehead atoms. The van der Waals surface area contributed by atoms with Gasteiger partial charge in [-0.25, -0.2) is 8.78 Å². The monoisotopic (exact) mass is 421 g/mol. The van der Waals surface area contributed by atoms with Gasteiger partial charge in [-0.15, -0.1) is 0 Å². The first-order valence-corrected chi connectivity index (χ1v) is 8.05. The van der Waals surface area contributed by atoms with E-state index < -0.39 is 40.8 Å². The maximum atomic E-state index is 13.6. The van der Waals surface area contributed by atoms with Crippen molar-refractivity contribution in [3.05, 3.63) is 58.1 Å². The van der Waals surface area contributed by atoms with Crippen LogP contribution in [0.2, 0.25) is 5.02 Å². The Balaban J connectivity index is 2.47. The lowest BCUT2D eigenvalue weighted by atomic mass is 10.0. The smallest absolute Gasteiger partial charge is 0.416 e. The summed E-state index contributed by atoms with van der Waals surface area (Å²) in [5, 5.41) is 2.19. The number of hydrogen-bond acceptors (Lipinski definition) is 3. The molecule has 0 fully saturated rings. The first-order valence-electron chi connectivity index (χ1n) is 7.67. The minimum Gasteiger partial charge on any atom is -0.426 e. The van der Waals surface area contributed by atoms with E-state index in [1.54, 1.807) is 0 Å². The highest BCUT2D eigenvalue weighted by Gasteiger charge is 2.34. The Morgan fingerprint density at radius 1 is 1.00 bits per heavy atom. The fourth-order valence-electron chi connectivity index (χ4n) is 2.24. The van der Waals surface area contributed by atoms with Crippen molar-refractivity contribution in [1.82, 2.24) is 0 Å². The van der Waals surface area contributed by atoms with Crippen molar-refractivity contribution in [3.8, 4) is 5.75 Å². The molecule has 2 rings (SSSR count). The summed E-state index contributed by atoms with van der Waals surface area (Å²) < 4.78 is 71.1. The summed E-state index contributed by atoms with van der Waals surface area (Å²) in [6, 6.07) is 5.22. The maximum absolute atomic E-state index is 13.6. The zero-order valence-electron chi connectivity index (χ0n) is 14.5. The van der Waals surface area contributed by atoms with Crippen molar-refractivity contribution in [3.63, 3.8) is 0 Å². The molecule has 0 aliphatic heterocycles. The molecular formula is C18H13ClF5NO3. The Labute approximate surface area is 161 Å². The number of anilines is 1. The minimum absolute atomic E-state index is 0.0888. The number of amides is 1. The van der Waals surface area contributed by atoms with Crippen LogP contribution in [-0.4, -0.2) is 11.9 Å². The number of hydrogen-bond donors (Lipinski definition) is 1. The van der Waals surface area contributed by atoms with E-state index in [9.17, 15) is 31.5 Å². The molecule has 0 aromatic heterocycles. The van der Waals surface area contributed by atoms with Gasteiger partial charge < -0.3 is 10.1 Å². The Morgan fingerprint density at radius 3 is 2.14 bits per heavy atom. The van der Waals surface area contributed by atoms with Gasteiger partial charge in [0.1, 0.15) is 5.75 Å². The predicted octanol–water partition coefficient (Wildman–Crippen LogP) is 5.65. The van der Waals surface area contributed by atoms with Gasteiger partial charge in [-0.3, -0.25) is 9.59 Å². The lowest BCUT2D eigenvalue weighted by molar-refractivity contribution is -0.137. The third-order valence-corrected chi connectivity index (χ3v) is 3.70. The van der Waals surface area contributed by atoms with E-state index in [0.717, 1.165) is 19.1 Å². The SMILES string of the molecule is CC(=O)Oc1ccc(Cl)cc1C(=O)Nc1cc(C(C)(F)F)cc(C(F)(F)F)c1. The van der Waals surface area contributed by atoms with Gasteiger partial charge in [-0.05, 0) is 36.4 Å². The lowest BCUT2D eigenvalue weighted by Gasteiger charge is -2.17. The van der Waals surface area contributed by atoms with Crippen molar-refractivity contribution < 1.29 is 36.3 Å². The van der Waals surface area contributed by atoms with Crippen molar-refractivity contribution in [2.45, 2.75) is 25.9 Å². The van der Waals surface area contributed by atoms with Gasteiger partial charge in [0.15, 0.2) is 0 Å². The second-order valence-corrected chi connectivity index (χ2v) is 6.31. The van der Waals surface area contributed by atoms with E-state index in [2.05, 4.69) is 5.32 Å². The number of rotatable bonds is 4. The minimum atomic E-state index is -4.90. The van der Waals surface area contributed by atoms with E-state index in [-0.39, 0.29) is 16.3 Å². The standard InChI is InChI=1S/C18H13ClF5NO3/c1-9(26)28-15-4-3-12(19)8-14(15)16(27)25-13-6-10(17(2,20)21)5-11(7-13)18(22,23)24/h3-8H,1-2H3,(H,25,27). The summed E-state index contributed by atoms with van der Waals surface area (Å²) in [6.07, 6.45) is -4.90. The van der Waals surface area contributed by atoms with E-state index in [0.29, 0.717) is 19.1 Å². The number of carbonyl (C=O) groups is 2. The van der Waals surface area contributed by atoms with E-state index in [1.807, 2.05) is 0 Å². The molecule has 1 amide bonds. The molecule has 0 spiro atoms. The van der Waals surface area contributed by atoms with E-state index >= 15 is 0 Å². The topological polar surface area (TPSA) is 55.4 Å². The van der Waals surface area contributed by atoms with Crippen LogP contribution in [0, 0.1) is 0 Å². The van der Waals surface area contributed by atoms with Crippen LogP contribution in [-0.2, 0) is 16.9 Å². The molecule has 10 heteroatoms. The van der Waals surface area contributed by atoms with Crippen LogP contribution in [0.5, 0.6) is 5.75 Å². The van der Waals surface area contributed by atoms with Gasteiger partial charge in [0.05, 0.1) is 11.1 Å². The van der Waals surface area contributed by atoms with Crippen molar-refractivity contribution in [2.75, 3.05) is 5.32 Å². The van der Waals surface area contributed by atoms with Crippen molar-refractivity contribution in [2.24, 2.45) is 0 Å². The third kappa shape index (κ3) is 5.41. The normalized spacial score (nSPS) is 11.9. The Bertz CT molecular complexity index is 890. The quantitative estimate of drug-likeness (QED) is 0.394. The fraction of sp³-hybridized carbons (Fsp3) is 0.222. The molecule has 0 saturated carbocycles. The zero-order chi connectivity index (χ0) is 21.3. The first kappa shape index (κ1) is 21.6. The van der Waals surface area contributed by atoms with Crippen LogP contribution < -0.4 is 10.1 Å². The summed E-state index contributed by atoms with van der Waals surface area (Å²) in [4.78, 5) is 23.6. The van der Waals surface area contributed by atoms with E-state index in [1.165, 1.54) is 12.1 Å². The molecule has 4 nitrogen and oxygen atoms in total. The average molecular weight is 422 g/mol. The summed E-state index contributed by atoms with van der Waals surface area (Å²) in [5.41, 5.74) is -3.05. The third-order valence-electron chi connectivity index (χ3n) is 3.47. The number of ether oxygens (including phenoxy) is 1. The van der Waals surface area contributed by atoms with Gasteiger partial charge in [-0.1, -0.05) is 11.6 Å². The maximum Gasteiger partial charge on any atom is 0.416 e. The summed E-state index contributed by atoms with van der Waals surface area (Å²) in [7, 11) is 0. The van der Waals surface area contributed by atoms with Crippen LogP contribution in [0.1, 0.15) is 35.3 Å². The molecule has 28 heavy (non-hydrogen) atoms. The molecule has 0 aliphatic rings. The largest absolute Gasteiger partial charge is 0.426 e. The zero-order valence-corrected chi connectivity index (χ0v) is 15.2. The van der Waals surface area contributed by atoms with Crippen LogP contribution in [0.4, 0.5) is 27.6 Å². The van der Waals surface area contributed by atoms with Crippen molar-refractivity contribution in [1.29, 1.82) is 0 Å². The summed E-state index contributed by atoms with van der Waals surface area (Å²) in [5.74, 6) is -5.51. The van der Waals surface area contributed by atoms with E-state index in [4.69, 9.17) is 16.3 Å². The fourth-order valence-corrected chi connectivity index (χ4v) is 2.41. The van der Waals surface area contributed by atoms with Crippen LogP contribution in [0.15, 0.2) is 36.4 Å². The highest BCUT2D eigenvalue weighted by Crippen LogP contribution is 2.37. The first-order chi connectivity index (χ1) is 12.8. The molecule has 150 valence electrons. The second kappa shape index (κ2) is 7.75. The number of nitrogens with one attached hydrogen (secondary N) is 1. The molecule has 2 aromatic rings. The molecule has 1 N–H and O–H groups in total. The number of carbonyl (C=O) groups excluding carboxylic acids is 2. The molecule has 0 aliphatic carbocycles. The summed E-state index contributed by atoms with van der Waals surface area (Å²) in [6.45, 7) is 1.52. The predicted molar refractivity (Wildman–Crippen MR) is 91.7 cm³/mol. The molecular weight excluding hydrogens is 409 g/mol. The highest BCUT2D eigenvalue weighted by atomic mass is 35.5. The Hall–Kier alpha value is -2.68. The van der Waals surface area contributed by atoms with Crippen LogP contribution in [0.25, 0.3) is 0 Å². The van der Waals surface area contributed by atoms with Gasteiger partial charge in [-0.2, -0.15) is 13.2 Å². The molecule has 0 heterocycles. The lowest BCUT2D eigenvalue weighted by Crippen LogP contribution is -2.17. The molecule has 0 unspecified atom stereocenters. The number of halogens is 6. The Morgan fingerprint density at radius 2 is 1.61 bits per heavy atom. The average Bonchev–Trinajstić information content (AvgIpc) is 2.54. The molecule has 0 atom stereocenters. The molecule has 0 saturated heterocycles. The number of esters is 1. The van der Waals surface area contributed by atoms with Gasteiger partial charge in [0.25, 0.3) is 11.8 Å². The van der Waals surface area contributed by atoms with Crippen molar-refractivity contribution >= 4 is 29.2 Å². The van der Waals surface area contributed by atoms with Crippen LogP contribution >= 0.6 is 11.6 Å².